The number of rotatable bonds is 4. The summed E-state index contributed by atoms with van der Waals surface area (Å²) < 4.78 is 8.98. The molecule has 0 unspecified atom stereocenters. The topological polar surface area (TPSA) is 44.0 Å². The molecule has 0 aliphatic rings. The average Bonchev–Trinajstić information content (AvgIpc) is 2.83. The van der Waals surface area contributed by atoms with Gasteiger partial charge in [-0.1, -0.05) is 0 Å². The van der Waals surface area contributed by atoms with Crippen LogP contribution in [0, 0.1) is 6.92 Å². The first kappa shape index (κ1) is 10.6. The number of hydrogen-bond acceptors (Lipinski definition) is 3. The van der Waals surface area contributed by atoms with Crippen LogP contribution in [-0.4, -0.2) is 21.6 Å². The maximum Gasteiger partial charge on any atom is 0.216 e. The van der Waals surface area contributed by atoms with Gasteiger partial charge in [0.15, 0.2) is 0 Å². The van der Waals surface area contributed by atoms with Crippen LogP contribution in [0.25, 0.3) is 0 Å². The molecule has 5 heteroatoms. The summed E-state index contributed by atoms with van der Waals surface area (Å²) in [6, 6.07) is 3.95. The first-order valence-electron chi connectivity index (χ1n) is 5.15. The Morgan fingerprint density at radius 2 is 2.06 bits per heavy atom. The lowest BCUT2D eigenvalue weighted by molar-refractivity contribution is 0.369. The lowest BCUT2D eigenvalue weighted by Crippen LogP contribution is -2.12. The monoisotopic (exact) mass is 220 g/mol. The number of nitrogens with one attached hydrogen (secondary N) is 1. The van der Waals surface area contributed by atoms with Crippen molar-refractivity contribution in [2.24, 2.45) is 7.05 Å². The molecule has 5 nitrogen and oxygen atoms in total. The zero-order valence-electron chi connectivity index (χ0n) is 9.77. The summed E-state index contributed by atoms with van der Waals surface area (Å²) in [5.41, 5.74) is 5.32. The van der Waals surface area contributed by atoms with Crippen molar-refractivity contribution in [2.75, 3.05) is 12.5 Å². The van der Waals surface area contributed by atoms with Crippen LogP contribution in [0.15, 0.2) is 24.5 Å². The number of hydrogen-bond donors (Lipinski definition) is 1. The smallest absolute Gasteiger partial charge is 0.216 e. The SMILES string of the molecule is COc1c(CNn2cccc2)c(C)nn1C. The Balaban J connectivity index is 2.14. The molecule has 0 spiro atoms. The first-order chi connectivity index (χ1) is 7.72. The van der Waals surface area contributed by atoms with Crippen molar-refractivity contribution in [3.63, 3.8) is 0 Å². The van der Waals surface area contributed by atoms with E-state index < -0.39 is 0 Å². The van der Waals surface area contributed by atoms with Gasteiger partial charge in [-0.05, 0) is 19.1 Å². The number of aryl methyl sites for hydroxylation is 2. The van der Waals surface area contributed by atoms with Crippen LogP contribution in [0.1, 0.15) is 11.3 Å². The molecule has 0 radical (unpaired) electrons. The Bertz CT molecular complexity index is 459. The van der Waals surface area contributed by atoms with Crippen LogP contribution in [0.3, 0.4) is 0 Å². The molecular weight excluding hydrogens is 204 g/mol. The highest BCUT2D eigenvalue weighted by molar-refractivity contribution is 5.31. The van der Waals surface area contributed by atoms with Crippen LogP contribution < -0.4 is 10.2 Å². The molecule has 1 N–H and O–H groups in total. The van der Waals surface area contributed by atoms with Gasteiger partial charge in [-0.25, -0.2) is 4.68 Å². The van der Waals surface area contributed by atoms with Gasteiger partial charge >= 0.3 is 0 Å². The molecule has 2 rings (SSSR count). The van der Waals surface area contributed by atoms with Crippen LogP contribution in [-0.2, 0) is 13.6 Å². The molecule has 0 saturated heterocycles. The standard InChI is InChI=1S/C11H16N4O/c1-9-10(11(16-3)14(2)13-9)8-12-15-6-4-5-7-15/h4-7,12H,8H2,1-3H3. The largest absolute Gasteiger partial charge is 0.481 e. The lowest BCUT2D eigenvalue weighted by atomic mass is 10.2. The third-order valence-electron chi connectivity index (χ3n) is 2.53. The lowest BCUT2D eigenvalue weighted by Gasteiger charge is -2.08. The molecule has 0 bridgehead atoms. The molecule has 2 heterocycles. The molecule has 0 aliphatic carbocycles. The number of aromatic nitrogens is 3. The summed E-state index contributed by atoms with van der Waals surface area (Å²) >= 11 is 0. The second-order valence-electron chi connectivity index (χ2n) is 3.62. The van der Waals surface area contributed by atoms with Gasteiger partial charge in [0.25, 0.3) is 0 Å². The number of nitrogens with zero attached hydrogens (tertiary/aromatic N) is 3. The molecule has 0 fully saturated rings. The van der Waals surface area contributed by atoms with E-state index in [0.29, 0.717) is 6.54 Å². The minimum absolute atomic E-state index is 0.692. The predicted octanol–water partition coefficient (Wildman–Crippen LogP) is 1.28. The van der Waals surface area contributed by atoms with Crippen molar-refractivity contribution >= 4 is 0 Å². The zero-order valence-corrected chi connectivity index (χ0v) is 9.77. The summed E-state index contributed by atoms with van der Waals surface area (Å²) in [4.78, 5) is 0. The van der Waals surface area contributed by atoms with E-state index >= 15 is 0 Å². The summed E-state index contributed by atoms with van der Waals surface area (Å²) in [5.74, 6) is 0.803. The minimum atomic E-state index is 0.692. The van der Waals surface area contributed by atoms with E-state index in [9.17, 15) is 0 Å². The quantitative estimate of drug-likeness (QED) is 0.844. The summed E-state index contributed by atoms with van der Waals surface area (Å²) in [6.45, 7) is 2.67. The molecule has 2 aromatic rings. The van der Waals surface area contributed by atoms with Crippen molar-refractivity contribution in [1.29, 1.82) is 0 Å². The summed E-state index contributed by atoms with van der Waals surface area (Å²) in [6.07, 6.45) is 3.91. The Morgan fingerprint density at radius 3 is 2.69 bits per heavy atom. The summed E-state index contributed by atoms with van der Waals surface area (Å²) in [5, 5.41) is 4.32. The highest BCUT2D eigenvalue weighted by Gasteiger charge is 2.12. The number of ether oxygens (including phenoxy) is 1. The van der Waals surface area contributed by atoms with E-state index in [2.05, 4.69) is 10.5 Å². The molecule has 16 heavy (non-hydrogen) atoms. The van der Waals surface area contributed by atoms with Crippen molar-refractivity contribution < 1.29 is 4.74 Å². The van der Waals surface area contributed by atoms with Gasteiger partial charge in [-0.15, -0.1) is 0 Å². The van der Waals surface area contributed by atoms with Crippen molar-refractivity contribution in [1.82, 2.24) is 14.5 Å². The normalized spacial score (nSPS) is 10.4. The fourth-order valence-electron chi connectivity index (χ4n) is 1.75. The fourth-order valence-corrected chi connectivity index (χ4v) is 1.75. The van der Waals surface area contributed by atoms with Gasteiger partial charge in [0, 0.05) is 19.4 Å². The molecule has 0 amide bonds. The Labute approximate surface area is 94.6 Å². The average molecular weight is 220 g/mol. The Hall–Kier alpha value is -1.91. The predicted molar refractivity (Wildman–Crippen MR) is 62.0 cm³/mol. The zero-order chi connectivity index (χ0) is 11.5. The fraction of sp³-hybridized carbons (Fsp3) is 0.364. The third kappa shape index (κ3) is 1.88. The minimum Gasteiger partial charge on any atom is -0.481 e. The van der Waals surface area contributed by atoms with Crippen LogP contribution >= 0.6 is 0 Å². The maximum absolute atomic E-state index is 5.32. The van der Waals surface area contributed by atoms with E-state index in [1.165, 1.54) is 0 Å². The first-order valence-corrected chi connectivity index (χ1v) is 5.15. The highest BCUT2D eigenvalue weighted by Crippen LogP contribution is 2.20. The van der Waals surface area contributed by atoms with Crippen LogP contribution in [0.2, 0.25) is 0 Å². The Kier molecular flexibility index (Phi) is 2.85. The molecule has 0 atom stereocenters. The molecule has 2 aromatic heterocycles. The number of methoxy groups -OCH3 is 1. The van der Waals surface area contributed by atoms with Gasteiger partial charge in [0.05, 0.1) is 24.9 Å². The van der Waals surface area contributed by atoms with Gasteiger partial charge < -0.3 is 10.2 Å². The second kappa shape index (κ2) is 4.30. The molecular formula is C11H16N4O. The van der Waals surface area contributed by atoms with E-state index in [4.69, 9.17) is 4.74 Å². The van der Waals surface area contributed by atoms with E-state index in [-0.39, 0.29) is 0 Å². The van der Waals surface area contributed by atoms with E-state index in [1.807, 2.05) is 43.2 Å². The highest BCUT2D eigenvalue weighted by atomic mass is 16.5. The second-order valence-corrected chi connectivity index (χ2v) is 3.62. The molecule has 0 aromatic carbocycles. The van der Waals surface area contributed by atoms with Gasteiger partial charge in [0.2, 0.25) is 5.88 Å². The van der Waals surface area contributed by atoms with Gasteiger partial charge in [0.1, 0.15) is 0 Å². The third-order valence-corrected chi connectivity index (χ3v) is 2.53. The van der Waals surface area contributed by atoms with E-state index in [0.717, 1.165) is 17.1 Å². The Morgan fingerprint density at radius 1 is 1.38 bits per heavy atom. The van der Waals surface area contributed by atoms with Crippen LogP contribution in [0.5, 0.6) is 5.88 Å². The molecule has 0 aliphatic heterocycles. The van der Waals surface area contributed by atoms with E-state index in [1.54, 1.807) is 11.8 Å². The molecule has 0 saturated carbocycles. The van der Waals surface area contributed by atoms with Crippen molar-refractivity contribution in [2.45, 2.75) is 13.5 Å². The molecule has 86 valence electrons. The van der Waals surface area contributed by atoms with Crippen LogP contribution in [0.4, 0.5) is 0 Å². The van der Waals surface area contributed by atoms with Crippen molar-refractivity contribution in [3.05, 3.63) is 35.8 Å². The van der Waals surface area contributed by atoms with Crippen molar-refractivity contribution in [3.8, 4) is 5.88 Å². The van der Waals surface area contributed by atoms with Gasteiger partial charge in [-0.2, -0.15) is 5.10 Å². The van der Waals surface area contributed by atoms with Gasteiger partial charge in [-0.3, -0.25) is 4.68 Å². The maximum atomic E-state index is 5.32. The summed E-state index contributed by atoms with van der Waals surface area (Å²) in [7, 11) is 3.54.